The third kappa shape index (κ3) is 3.18. The smallest absolute Gasteiger partial charge is 0.228 e. The maximum absolute atomic E-state index is 12.2. The number of anilines is 1. The number of fused-ring (bicyclic) bond motifs is 1. The fourth-order valence-corrected chi connectivity index (χ4v) is 2.43. The maximum Gasteiger partial charge on any atom is 0.228 e. The lowest BCUT2D eigenvalue weighted by Gasteiger charge is -2.05. The highest BCUT2D eigenvalue weighted by molar-refractivity contribution is 5.95. The lowest BCUT2D eigenvalue weighted by molar-refractivity contribution is -0.115. The fourth-order valence-electron chi connectivity index (χ4n) is 2.43. The first kappa shape index (κ1) is 15.1. The zero-order valence-corrected chi connectivity index (χ0v) is 13.3. The van der Waals surface area contributed by atoms with Gasteiger partial charge in [-0.1, -0.05) is 0 Å². The molecule has 1 aromatic carbocycles. The molecule has 0 aliphatic carbocycles. The number of carbonyl (C=O) groups excluding carboxylic acids is 1. The first-order chi connectivity index (χ1) is 11.1. The molecule has 0 unspecified atom stereocenters. The SMILES string of the molecule is COc1ccc(NC(=O)Cc2coc3cc(C)c(C)cc23)cn1. The molecule has 0 fully saturated rings. The summed E-state index contributed by atoms with van der Waals surface area (Å²) in [5, 5.41) is 3.81. The summed E-state index contributed by atoms with van der Waals surface area (Å²) in [6.45, 7) is 4.09. The van der Waals surface area contributed by atoms with E-state index in [1.54, 1.807) is 31.7 Å². The lowest BCUT2D eigenvalue weighted by atomic mass is 10.0. The third-order valence-corrected chi connectivity index (χ3v) is 3.85. The zero-order valence-electron chi connectivity index (χ0n) is 13.3. The van der Waals surface area contributed by atoms with Crippen LogP contribution in [0.2, 0.25) is 0 Å². The summed E-state index contributed by atoms with van der Waals surface area (Å²) in [7, 11) is 1.55. The van der Waals surface area contributed by atoms with Crippen molar-refractivity contribution in [2.45, 2.75) is 20.3 Å². The van der Waals surface area contributed by atoms with Crippen LogP contribution in [0.3, 0.4) is 0 Å². The molecule has 0 saturated heterocycles. The van der Waals surface area contributed by atoms with Crippen molar-refractivity contribution in [2.24, 2.45) is 0 Å². The molecule has 0 aliphatic rings. The summed E-state index contributed by atoms with van der Waals surface area (Å²) in [6.07, 6.45) is 3.47. The van der Waals surface area contributed by atoms with Crippen molar-refractivity contribution in [3.63, 3.8) is 0 Å². The molecule has 0 atom stereocenters. The number of hydrogen-bond acceptors (Lipinski definition) is 4. The van der Waals surface area contributed by atoms with Crippen LogP contribution in [0.4, 0.5) is 5.69 Å². The van der Waals surface area contributed by atoms with Crippen LogP contribution >= 0.6 is 0 Å². The van der Waals surface area contributed by atoms with E-state index in [2.05, 4.69) is 23.3 Å². The van der Waals surface area contributed by atoms with Crippen LogP contribution in [-0.2, 0) is 11.2 Å². The van der Waals surface area contributed by atoms with Gasteiger partial charge >= 0.3 is 0 Å². The molecule has 23 heavy (non-hydrogen) atoms. The summed E-state index contributed by atoms with van der Waals surface area (Å²) in [4.78, 5) is 16.3. The van der Waals surface area contributed by atoms with Gasteiger partial charge < -0.3 is 14.5 Å². The Bertz CT molecular complexity index is 851. The highest BCUT2D eigenvalue weighted by Gasteiger charge is 2.12. The van der Waals surface area contributed by atoms with Crippen molar-refractivity contribution in [1.82, 2.24) is 4.98 Å². The quantitative estimate of drug-likeness (QED) is 0.799. The van der Waals surface area contributed by atoms with Crippen molar-refractivity contribution in [3.05, 3.63) is 53.4 Å². The number of rotatable bonds is 4. The molecule has 0 radical (unpaired) electrons. The Morgan fingerprint density at radius 3 is 2.74 bits per heavy atom. The summed E-state index contributed by atoms with van der Waals surface area (Å²) < 4.78 is 10.5. The predicted octanol–water partition coefficient (Wildman–Crippen LogP) is 3.63. The highest BCUT2D eigenvalue weighted by Crippen LogP contribution is 2.25. The Kier molecular flexibility index (Phi) is 4.02. The normalized spacial score (nSPS) is 10.7. The molecular weight excluding hydrogens is 292 g/mol. The Labute approximate surface area is 134 Å². The van der Waals surface area contributed by atoms with E-state index >= 15 is 0 Å². The Morgan fingerprint density at radius 2 is 2.04 bits per heavy atom. The predicted molar refractivity (Wildman–Crippen MR) is 88.8 cm³/mol. The van der Waals surface area contributed by atoms with E-state index in [9.17, 15) is 4.79 Å². The Balaban J connectivity index is 1.76. The second-order valence-electron chi connectivity index (χ2n) is 5.51. The van der Waals surface area contributed by atoms with Crippen molar-refractivity contribution in [2.75, 3.05) is 12.4 Å². The van der Waals surface area contributed by atoms with Crippen molar-refractivity contribution in [1.29, 1.82) is 0 Å². The number of nitrogens with one attached hydrogen (secondary N) is 1. The van der Waals surface area contributed by atoms with Gasteiger partial charge in [0.25, 0.3) is 0 Å². The highest BCUT2D eigenvalue weighted by atomic mass is 16.5. The van der Waals surface area contributed by atoms with Gasteiger partial charge in [0.1, 0.15) is 5.58 Å². The minimum atomic E-state index is -0.113. The Morgan fingerprint density at radius 1 is 1.26 bits per heavy atom. The lowest BCUT2D eigenvalue weighted by Crippen LogP contribution is -2.14. The number of hydrogen-bond donors (Lipinski definition) is 1. The number of methoxy groups -OCH3 is 1. The summed E-state index contributed by atoms with van der Waals surface area (Å²) in [5.41, 5.74) is 4.67. The number of furan rings is 1. The average molecular weight is 310 g/mol. The van der Waals surface area contributed by atoms with E-state index in [4.69, 9.17) is 9.15 Å². The van der Waals surface area contributed by atoms with Crippen LogP contribution in [-0.4, -0.2) is 18.0 Å². The third-order valence-electron chi connectivity index (χ3n) is 3.85. The van der Waals surface area contributed by atoms with Crippen LogP contribution in [0.5, 0.6) is 5.88 Å². The van der Waals surface area contributed by atoms with Gasteiger partial charge in [0, 0.05) is 17.0 Å². The number of carbonyl (C=O) groups is 1. The molecule has 2 heterocycles. The largest absolute Gasteiger partial charge is 0.481 e. The molecule has 1 amide bonds. The standard InChI is InChI=1S/C18H18N2O3/c1-11-6-15-13(10-23-16(15)7-12(11)2)8-17(21)20-14-4-5-18(22-3)19-9-14/h4-7,9-10H,8H2,1-3H3,(H,20,21). The van der Waals surface area contributed by atoms with Gasteiger partial charge in [-0.3, -0.25) is 4.79 Å². The van der Waals surface area contributed by atoms with E-state index in [1.807, 2.05) is 13.0 Å². The minimum Gasteiger partial charge on any atom is -0.481 e. The molecule has 5 heteroatoms. The van der Waals surface area contributed by atoms with Crippen molar-refractivity contribution >= 4 is 22.6 Å². The summed E-state index contributed by atoms with van der Waals surface area (Å²) >= 11 is 0. The average Bonchev–Trinajstić information content (AvgIpc) is 2.90. The van der Waals surface area contributed by atoms with Gasteiger partial charge in [-0.05, 0) is 43.2 Å². The number of benzene rings is 1. The first-order valence-electron chi connectivity index (χ1n) is 7.34. The van der Waals surface area contributed by atoms with E-state index in [0.717, 1.165) is 16.5 Å². The minimum absolute atomic E-state index is 0.113. The molecule has 1 N–H and O–H groups in total. The van der Waals surface area contributed by atoms with Gasteiger partial charge in [0.2, 0.25) is 11.8 Å². The number of ether oxygens (including phenoxy) is 1. The van der Waals surface area contributed by atoms with Gasteiger partial charge in [-0.25, -0.2) is 4.98 Å². The van der Waals surface area contributed by atoms with E-state index in [0.29, 0.717) is 11.6 Å². The van der Waals surface area contributed by atoms with Crippen LogP contribution in [0.25, 0.3) is 11.0 Å². The van der Waals surface area contributed by atoms with E-state index in [-0.39, 0.29) is 12.3 Å². The van der Waals surface area contributed by atoms with Crippen molar-refractivity contribution < 1.29 is 13.9 Å². The topological polar surface area (TPSA) is 64.4 Å². The summed E-state index contributed by atoms with van der Waals surface area (Å²) in [6, 6.07) is 7.52. The molecular formula is C18H18N2O3. The maximum atomic E-state index is 12.2. The number of aryl methyl sites for hydroxylation is 2. The fraction of sp³-hybridized carbons (Fsp3) is 0.222. The van der Waals surface area contributed by atoms with Crippen LogP contribution in [0.1, 0.15) is 16.7 Å². The molecule has 5 nitrogen and oxygen atoms in total. The second-order valence-corrected chi connectivity index (χ2v) is 5.51. The number of amides is 1. The van der Waals surface area contributed by atoms with E-state index in [1.165, 1.54) is 11.1 Å². The first-order valence-corrected chi connectivity index (χ1v) is 7.34. The number of nitrogens with zero attached hydrogens (tertiary/aromatic N) is 1. The van der Waals surface area contributed by atoms with Crippen LogP contribution in [0, 0.1) is 13.8 Å². The van der Waals surface area contributed by atoms with Gasteiger partial charge in [0.15, 0.2) is 0 Å². The molecule has 0 spiro atoms. The van der Waals surface area contributed by atoms with Crippen LogP contribution < -0.4 is 10.1 Å². The monoisotopic (exact) mass is 310 g/mol. The van der Waals surface area contributed by atoms with Crippen LogP contribution in [0.15, 0.2) is 41.1 Å². The van der Waals surface area contributed by atoms with Gasteiger partial charge in [-0.2, -0.15) is 0 Å². The second kappa shape index (κ2) is 6.12. The number of aromatic nitrogens is 1. The van der Waals surface area contributed by atoms with Crippen molar-refractivity contribution in [3.8, 4) is 5.88 Å². The molecule has 0 aliphatic heterocycles. The summed E-state index contributed by atoms with van der Waals surface area (Å²) in [5.74, 6) is 0.396. The Hall–Kier alpha value is -2.82. The van der Waals surface area contributed by atoms with E-state index < -0.39 is 0 Å². The molecule has 3 aromatic rings. The molecule has 3 rings (SSSR count). The molecule has 0 saturated carbocycles. The zero-order chi connectivity index (χ0) is 16.4. The molecule has 2 aromatic heterocycles. The number of pyridine rings is 1. The molecule has 0 bridgehead atoms. The molecule has 118 valence electrons. The van der Waals surface area contributed by atoms with Gasteiger partial charge in [0.05, 0.1) is 31.7 Å². The van der Waals surface area contributed by atoms with Gasteiger partial charge in [-0.15, -0.1) is 0 Å².